The maximum absolute atomic E-state index is 13.8. The van der Waals surface area contributed by atoms with Crippen LogP contribution >= 0.6 is 11.8 Å². The molecule has 1 aromatic heterocycles. The van der Waals surface area contributed by atoms with Crippen LogP contribution in [-0.2, 0) is 11.9 Å². The van der Waals surface area contributed by atoms with Crippen molar-refractivity contribution in [2.24, 2.45) is 5.92 Å². The highest BCUT2D eigenvalue weighted by Gasteiger charge is 2.36. The van der Waals surface area contributed by atoms with E-state index >= 15 is 0 Å². The molecule has 0 atom stereocenters. The molecule has 0 aliphatic carbocycles. The van der Waals surface area contributed by atoms with Crippen molar-refractivity contribution in [3.8, 4) is 23.1 Å². The smallest absolute Gasteiger partial charge is 0.417 e. The highest BCUT2D eigenvalue weighted by Crippen LogP contribution is 2.39. The van der Waals surface area contributed by atoms with E-state index in [9.17, 15) is 18.4 Å². The standard InChI is InChI=1S/C26H25F3N2OS/c1-17(2)11-12-32-24-10-9-20(13-18(24)3)23-14-22(26(27,28)29)21(15-30)25(31-23)33-16-19-7-5-4-6-8-19/h4-10,13-14,17H,11-12,16H2,1-3H3. The molecule has 3 nitrogen and oxygen atoms in total. The molecule has 2 aromatic carbocycles. The normalized spacial score (nSPS) is 11.5. The molecular weight excluding hydrogens is 445 g/mol. The summed E-state index contributed by atoms with van der Waals surface area (Å²) in [6, 6.07) is 17.3. The Bertz CT molecular complexity index is 1140. The van der Waals surface area contributed by atoms with Crippen LogP contribution in [0.2, 0.25) is 0 Å². The number of thioether (sulfide) groups is 1. The van der Waals surface area contributed by atoms with Crippen molar-refractivity contribution in [1.29, 1.82) is 5.26 Å². The molecule has 1 heterocycles. The van der Waals surface area contributed by atoms with Crippen LogP contribution in [0, 0.1) is 24.2 Å². The molecule has 7 heteroatoms. The number of aromatic nitrogens is 1. The minimum Gasteiger partial charge on any atom is -0.493 e. The number of halogens is 3. The number of rotatable bonds is 8. The Labute approximate surface area is 196 Å². The third-order valence-electron chi connectivity index (χ3n) is 5.05. The van der Waals surface area contributed by atoms with Gasteiger partial charge < -0.3 is 4.74 Å². The van der Waals surface area contributed by atoms with Crippen molar-refractivity contribution in [3.05, 3.63) is 76.9 Å². The summed E-state index contributed by atoms with van der Waals surface area (Å²) in [6.45, 7) is 6.65. The Hall–Kier alpha value is -2.98. The molecule has 0 radical (unpaired) electrons. The van der Waals surface area contributed by atoms with E-state index in [1.807, 2.05) is 37.3 Å². The van der Waals surface area contributed by atoms with Crippen LogP contribution in [-0.4, -0.2) is 11.6 Å². The molecule has 0 aliphatic rings. The number of alkyl halides is 3. The molecule has 0 spiro atoms. The molecule has 0 amide bonds. The number of pyridine rings is 1. The lowest BCUT2D eigenvalue weighted by atomic mass is 10.0. The van der Waals surface area contributed by atoms with E-state index in [1.54, 1.807) is 24.3 Å². The second-order valence-corrected chi connectivity index (χ2v) is 9.09. The molecule has 0 unspecified atom stereocenters. The average molecular weight is 471 g/mol. The van der Waals surface area contributed by atoms with E-state index in [2.05, 4.69) is 18.8 Å². The van der Waals surface area contributed by atoms with Crippen LogP contribution in [0.1, 0.15) is 42.5 Å². The molecule has 3 rings (SSSR count). The Balaban J connectivity index is 1.97. The van der Waals surface area contributed by atoms with E-state index in [1.165, 1.54) is 0 Å². The number of aryl methyl sites for hydroxylation is 1. The van der Waals surface area contributed by atoms with Gasteiger partial charge in [-0.25, -0.2) is 4.98 Å². The number of hydrogen-bond donors (Lipinski definition) is 0. The van der Waals surface area contributed by atoms with Crippen molar-refractivity contribution in [2.75, 3.05) is 6.61 Å². The van der Waals surface area contributed by atoms with Crippen LogP contribution in [0.4, 0.5) is 13.2 Å². The second-order valence-electron chi connectivity index (χ2n) is 8.13. The number of ether oxygens (including phenoxy) is 1. The highest BCUT2D eigenvalue weighted by atomic mass is 32.2. The average Bonchev–Trinajstić information content (AvgIpc) is 2.78. The lowest BCUT2D eigenvalue weighted by Crippen LogP contribution is -2.10. The van der Waals surface area contributed by atoms with Crippen LogP contribution in [0.3, 0.4) is 0 Å². The van der Waals surface area contributed by atoms with E-state index in [0.29, 0.717) is 29.6 Å². The second kappa shape index (κ2) is 10.8. The SMILES string of the molecule is Cc1cc(-c2cc(C(F)(F)F)c(C#N)c(SCc3ccccc3)n2)ccc1OCCC(C)C. The Morgan fingerprint density at radius 1 is 1.09 bits per heavy atom. The fourth-order valence-corrected chi connectivity index (χ4v) is 4.17. The van der Waals surface area contributed by atoms with Gasteiger partial charge in [-0.3, -0.25) is 0 Å². The van der Waals surface area contributed by atoms with E-state index in [0.717, 1.165) is 35.4 Å². The van der Waals surface area contributed by atoms with Crippen molar-refractivity contribution in [3.63, 3.8) is 0 Å². The first-order valence-electron chi connectivity index (χ1n) is 10.6. The Morgan fingerprint density at radius 2 is 1.82 bits per heavy atom. The summed E-state index contributed by atoms with van der Waals surface area (Å²) in [5.74, 6) is 1.62. The van der Waals surface area contributed by atoms with E-state index in [4.69, 9.17) is 4.74 Å². The summed E-state index contributed by atoms with van der Waals surface area (Å²) in [5.41, 5.74) is 1.05. The van der Waals surface area contributed by atoms with Gasteiger partial charge in [-0.2, -0.15) is 18.4 Å². The third kappa shape index (κ3) is 6.52. The Kier molecular flexibility index (Phi) is 8.04. The van der Waals surface area contributed by atoms with Crippen LogP contribution in [0.5, 0.6) is 5.75 Å². The maximum atomic E-state index is 13.8. The number of hydrogen-bond acceptors (Lipinski definition) is 4. The van der Waals surface area contributed by atoms with Crippen LogP contribution in [0.15, 0.2) is 59.6 Å². The first-order chi connectivity index (χ1) is 15.7. The predicted molar refractivity (Wildman–Crippen MR) is 125 cm³/mol. The van der Waals surface area contributed by atoms with Crippen molar-refractivity contribution in [2.45, 2.75) is 44.1 Å². The molecule has 33 heavy (non-hydrogen) atoms. The van der Waals surface area contributed by atoms with Gasteiger partial charge in [-0.1, -0.05) is 44.2 Å². The van der Waals surface area contributed by atoms with E-state index < -0.39 is 17.3 Å². The predicted octanol–water partition coefficient (Wildman–Crippen LogP) is 7.66. The zero-order valence-corrected chi connectivity index (χ0v) is 19.6. The van der Waals surface area contributed by atoms with Crippen LogP contribution in [0.25, 0.3) is 11.3 Å². The molecule has 0 bridgehead atoms. The minimum atomic E-state index is -4.67. The fourth-order valence-electron chi connectivity index (χ4n) is 3.21. The maximum Gasteiger partial charge on any atom is 0.417 e. The lowest BCUT2D eigenvalue weighted by molar-refractivity contribution is -0.138. The molecule has 0 aliphatic heterocycles. The first kappa shape index (κ1) is 24.7. The monoisotopic (exact) mass is 470 g/mol. The van der Waals surface area contributed by atoms with Gasteiger partial charge in [0.2, 0.25) is 0 Å². The molecule has 0 N–H and O–H groups in total. The molecule has 0 saturated carbocycles. The molecule has 3 aromatic rings. The number of nitrogens with zero attached hydrogens (tertiary/aromatic N) is 2. The lowest BCUT2D eigenvalue weighted by Gasteiger charge is -2.15. The number of nitriles is 1. The summed E-state index contributed by atoms with van der Waals surface area (Å²) < 4.78 is 47.3. The van der Waals surface area contributed by atoms with E-state index in [-0.39, 0.29) is 10.7 Å². The molecule has 172 valence electrons. The third-order valence-corrected chi connectivity index (χ3v) is 6.09. The number of benzene rings is 2. The molecule has 0 saturated heterocycles. The van der Waals surface area contributed by atoms with Crippen molar-refractivity contribution in [1.82, 2.24) is 4.98 Å². The largest absolute Gasteiger partial charge is 0.493 e. The van der Waals surface area contributed by atoms with Crippen LogP contribution < -0.4 is 4.74 Å². The van der Waals surface area contributed by atoms with Crippen molar-refractivity contribution < 1.29 is 17.9 Å². The molecule has 0 fully saturated rings. The fraction of sp³-hybridized carbons (Fsp3) is 0.308. The first-order valence-corrected chi connectivity index (χ1v) is 11.6. The summed E-state index contributed by atoms with van der Waals surface area (Å²) in [7, 11) is 0. The summed E-state index contributed by atoms with van der Waals surface area (Å²) in [4.78, 5) is 4.46. The Morgan fingerprint density at radius 3 is 2.42 bits per heavy atom. The van der Waals surface area contributed by atoms with Gasteiger partial charge in [0.1, 0.15) is 16.8 Å². The van der Waals surface area contributed by atoms with Gasteiger partial charge in [0.15, 0.2) is 0 Å². The zero-order chi connectivity index (χ0) is 24.0. The molecular formula is C26H25F3N2OS. The summed E-state index contributed by atoms with van der Waals surface area (Å²) >= 11 is 1.13. The van der Waals surface area contributed by atoms with Gasteiger partial charge >= 0.3 is 6.18 Å². The highest BCUT2D eigenvalue weighted by molar-refractivity contribution is 7.98. The van der Waals surface area contributed by atoms with Gasteiger partial charge in [-0.15, -0.1) is 11.8 Å². The van der Waals surface area contributed by atoms with Crippen molar-refractivity contribution >= 4 is 11.8 Å². The van der Waals surface area contributed by atoms with Gasteiger partial charge in [0.25, 0.3) is 0 Å². The zero-order valence-electron chi connectivity index (χ0n) is 18.7. The summed E-state index contributed by atoms with van der Waals surface area (Å²) in [6.07, 6.45) is -3.75. The topological polar surface area (TPSA) is 45.9 Å². The van der Waals surface area contributed by atoms with Gasteiger partial charge in [0, 0.05) is 11.3 Å². The van der Waals surface area contributed by atoms with Gasteiger partial charge in [0.05, 0.1) is 23.4 Å². The van der Waals surface area contributed by atoms with Gasteiger partial charge in [-0.05, 0) is 54.7 Å². The minimum absolute atomic E-state index is 0.0705. The summed E-state index contributed by atoms with van der Waals surface area (Å²) in [5, 5.41) is 9.57. The quantitative estimate of drug-likeness (QED) is 0.317.